The molecule has 6 nitrogen and oxygen atoms in total. The summed E-state index contributed by atoms with van der Waals surface area (Å²) in [6.45, 7) is 5.37. The van der Waals surface area contributed by atoms with Crippen LogP contribution in [-0.4, -0.2) is 50.1 Å². The van der Waals surface area contributed by atoms with Crippen molar-refractivity contribution in [1.82, 2.24) is 10.2 Å². The SMILES string of the molecule is CCCN=C(NCCc1ccco1)N1CCC(C(=O)OC)CC1.I. The number of nitrogens with one attached hydrogen (secondary N) is 1. The summed E-state index contributed by atoms with van der Waals surface area (Å²) >= 11 is 0. The van der Waals surface area contributed by atoms with Crippen molar-refractivity contribution >= 4 is 35.9 Å². The highest BCUT2D eigenvalue weighted by Crippen LogP contribution is 2.18. The highest BCUT2D eigenvalue weighted by Gasteiger charge is 2.26. The van der Waals surface area contributed by atoms with Crippen LogP contribution < -0.4 is 5.32 Å². The normalized spacial score (nSPS) is 15.8. The van der Waals surface area contributed by atoms with Gasteiger partial charge in [0.2, 0.25) is 0 Å². The van der Waals surface area contributed by atoms with E-state index in [0.717, 1.165) is 63.6 Å². The molecule has 2 heterocycles. The molecular formula is C17H28IN3O3. The number of guanidine groups is 1. The average Bonchev–Trinajstić information content (AvgIpc) is 3.11. The molecule has 7 heteroatoms. The third kappa shape index (κ3) is 6.33. The Kier molecular flexibility index (Phi) is 9.82. The van der Waals surface area contributed by atoms with Gasteiger partial charge in [-0.2, -0.15) is 0 Å². The van der Waals surface area contributed by atoms with Gasteiger partial charge >= 0.3 is 5.97 Å². The Labute approximate surface area is 161 Å². The highest BCUT2D eigenvalue weighted by molar-refractivity contribution is 14.0. The van der Waals surface area contributed by atoms with E-state index >= 15 is 0 Å². The predicted octanol–water partition coefficient (Wildman–Crippen LogP) is 2.68. The van der Waals surface area contributed by atoms with Gasteiger partial charge < -0.3 is 19.4 Å². The van der Waals surface area contributed by atoms with Gasteiger partial charge in [-0.3, -0.25) is 9.79 Å². The number of nitrogens with zero attached hydrogens (tertiary/aromatic N) is 2. The average molecular weight is 449 g/mol. The first-order valence-corrected chi connectivity index (χ1v) is 8.38. The Bertz CT molecular complexity index is 497. The lowest BCUT2D eigenvalue weighted by Gasteiger charge is -2.33. The van der Waals surface area contributed by atoms with Crippen LogP contribution in [0.1, 0.15) is 31.9 Å². The number of hydrogen-bond donors (Lipinski definition) is 1. The van der Waals surface area contributed by atoms with Gasteiger partial charge in [-0.15, -0.1) is 24.0 Å². The number of rotatable bonds is 6. The number of ether oxygens (including phenoxy) is 1. The number of furan rings is 1. The van der Waals surface area contributed by atoms with Gasteiger partial charge in [0, 0.05) is 32.6 Å². The van der Waals surface area contributed by atoms with E-state index in [4.69, 9.17) is 9.15 Å². The number of carbonyl (C=O) groups excluding carboxylic acids is 1. The van der Waals surface area contributed by atoms with Crippen LogP contribution in [-0.2, 0) is 16.0 Å². The molecule has 1 aromatic rings. The van der Waals surface area contributed by atoms with E-state index < -0.39 is 0 Å². The molecule has 0 amide bonds. The first-order chi connectivity index (χ1) is 11.2. The first kappa shape index (κ1) is 20.8. The summed E-state index contributed by atoms with van der Waals surface area (Å²) in [6, 6.07) is 3.88. The molecule has 0 bridgehead atoms. The summed E-state index contributed by atoms with van der Waals surface area (Å²) in [5, 5.41) is 3.42. The van der Waals surface area contributed by atoms with Gasteiger partial charge in [-0.05, 0) is 31.4 Å². The fourth-order valence-corrected chi connectivity index (χ4v) is 2.73. The molecule has 0 radical (unpaired) electrons. The van der Waals surface area contributed by atoms with Gasteiger partial charge in [0.1, 0.15) is 5.76 Å². The fourth-order valence-electron chi connectivity index (χ4n) is 2.73. The number of carbonyl (C=O) groups is 1. The molecule has 1 aromatic heterocycles. The smallest absolute Gasteiger partial charge is 0.308 e. The third-order valence-corrected chi connectivity index (χ3v) is 4.05. The third-order valence-electron chi connectivity index (χ3n) is 4.05. The van der Waals surface area contributed by atoms with E-state index in [1.165, 1.54) is 7.11 Å². The Hall–Kier alpha value is -1.25. The zero-order valence-electron chi connectivity index (χ0n) is 14.5. The summed E-state index contributed by atoms with van der Waals surface area (Å²) in [5.41, 5.74) is 0. The van der Waals surface area contributed by atoms with Crippen LogP contribution in [0.3, 0.4) is 0 Å². The number of hydrogen-bond acceptors (Lipinski definition) is 4. The number of methoxy groups -OCH3 is 1. The quantitative estimate of drug-likeness (QED) is 0.313. The Morgan fingerprint density at radius 3 is 2.79 bits per heavy atom. The summed E-state index contributed by atoms with van der Waals surface area (Å²) in [7, 11) is 1.46. The van der Waals surface area contributed by atoms with E-state index in [-0.39, 0.29) is 35.9 Å². The van der Waals surface area contributed by atoms with Crippen LogP contribution in [0.25, 0.3) is 0 Å². The molecule has 0 unspecified atom stereocenters. The molecule has 0 spiro atoms. The largest absolute Gasteiger partial charge is 0.469 e. The van der Waals surface area contributed by atoms with Crippen molar-refractivity contribution in [2.45, 2.75) is 32.6 Å². The maximum Gasteiger partial charge on any atom is 0.308 e. The van der Waals surface area contributed by atoms with E-state index in [9.17, 15) is 4.79 Å². The van der Waals surface area contributed by atoms with Crippen molar-refractivity contribution in [2.24, 2.45) is 10.9 Å². The van der Waals surface area contributed by atoms with Crippen LogP contribution in [0.5, 0.6) is 0 Å². The lowest BCUT2D eigenvalue weighted by Crippen LogP contribution is -2.47. The molecule has 0 atom stereocenters. The first-order valence-electron chi connectivity index (χ1n) is 8.38. The second-order valence-electron chi connectivity index (χ2n) is 5.75. The Morgan fingerprint density at radius 2 is 2.21 bits per heavy atom. The minimum atomic E-state index is -0.0949. The van der Waals surface area contributed by atoms with Crippen molar-refractivity contribution < 1.29 is 13.9 Å². The van der Waals surface area contributed by atoms with Gasteiger partial charge in [-0.1, -0.05) is 6.92 Å². The molecule has 136 valence electrons. The molecule has 1 saturated heterocycles. The Morgan fingerprint density at radius 1 is 1.46 bits per heavy atom. The van der Waals surface area contributed by atoms with Crippen molar-refractivity contribution in [3.63, 3.8) is 0 Å². The number of esters is 1. The van der Waals surface area contributed by atoms with Gasteiger partial charge in [0.05, 0.1) is 19.3 Å². The summed E-state index contributed by atoms with van der Waals surface area (Å²) < 4.78 is 10.2. The van der Waals surface area contributed by atoms with Crippen molar-refractivity contribution in [1.29, 1.82) is 0 Å². The lowest BCUT2D eigenvalue weighted by atomic mass is 9.97. The second-order valence-corrected chi connectivity index (χ2v) is 5.75. The van der Waals surface area contributed by atoms with Crippen molar-refractivity contribution in [3.05, 3.63) is 24.2 Å². The van der Waals surface area contributed by atoms with Crippen LogP contribution in [0.15, 0.2) is 27.8 Å². The van der Waals surface area contributed by atoms with Crippen LogP contribution in [0, 0.1) is 5.92 Å². The lowest BCUT2D eigenvalue weighted by molar-refractivity contribution is -0.146. The van der Waals surface area contributed by atoms with Gasteiger partial charge in [0.15, 0.2) is 5.96 Å². The summed E-state index contributed by atoms with van der Waals surface area (Å²) in [6.07, 6.45) is 5.17. The monoisotopic (exact) mass is 449 g/mol. The molecule has 0 saturated carbocycles. The molecule has 0 aromatic carbocycles. The van der Waals surface area contributed by atoms with Gasteiger partial charge in [0.25, 0.3) is 0 Å². The van der Waals surface area contributed by atoms with Crippen molar-refractivity contribution in [2.75, 3.05) is 33.3 Å². The maximum atomic E-state index is 11.6. The van der Waals surface area contributed by atoms with E-state index in [1.54, 1.807) is 6.26 Å². The zero-order chi connectivity index (χ0) is 16.5. The fraction of sp³-hybridized carbons (Fsp3) is 0.647. The van der Waals surface area contributed by atoms with E-state index in [2.05, 4.69) is 22.1 Å². The van der Waals surface area contributed by atoms with Crippen molar-refractivity contribution in [3.8, 4) is 0 Å². The maximum absolute atomic E-state index is 11.6. The minimum Gasteiger partial charge on any atom is -0.469 e. The van der Waals surface area contributed by atoms with E-state index in [1.807, 2.05) is 12.1 Å². The van der Waals surface area contributed by atoms with Crippen LogP contribution >= 0.6 is 24.0 Å². The number of likely N-dealkylation sites (tertiary alicyclic amines) is 1. The molecule has 1 fully saturated rings. The van der Waals surface area contributed by atoms with E-state index in [0.29, 0.717) is 0 Å². The molecule has 0 aliphatic carbocycles. The Balaban J connectivity index is 0.00000288. The van der Waals surface area contributed by atoms with Crippen LogP contribution in [0.2, 0.25) is 0 Å². The molecule has 2 rings (SSSR count). The molecular weight excluding hydrogens is 421 g/mol. The zero-order valence-corrected chi connectivity index (χ0v) is 16.8. The summed E-state index contributed by atoms with van der Waals surface area (Å²) in [4.78, 5) is 18.5. The molecule has 1 aliphatic heterocycles. The molecule has 24 heavy (non-hydrogen) atoms. The second kappa shape index (κ2) is 11.3. The molecule has 1 N–H and O–H groups in total. The standard InChI is InChI=1S/C17H27N3O3.HI/c1-3-9-18-17(19-10-6-15-5-4-13-23-15)20-11-7-14(8-12-20)16(21)22-2;/h4-5,13-14H,3,6-12H2,1-2H3,(H,18,19);1H. The van der Waals surface area contributed by atoms with Crippen LogP contribution in [0.4, 0.5) is 0 Å². The number of halogens is 1. The number of aliphatic imine (C=N–C) groups is 1. The molecule has 1 aliphatic rings. The minimum absolute atomic E-state index is 0. The predicted molar refractivity (Wildman–Crippen MR) is 105 cm³/mol. The topological polar surface area (TPSA) is 67.1 Å². The number of piperidine rings is 1. The highest BCUT2D eigenvalue weighted by atomic mass is 127. The summed E-state index contributed by atoms with van der Waals surface area (Å²) in [5.74, 6) is 1.83. The van der Waals surface area contributed by atoms with Gasteiger partial charge in [-0.25, -0.2) is 0 Å².